The minimum Gasteiger partial charge on any atom is -0.406 e. The van der Waals surface area contributed by atoms with Gasteiger partial charge in [0.05, 0.1) is 15.9 Å². The van der Waals surface area contributed by atoms with Gasteiger partial charge in [-0.15, -0.1) is 13.2 Å². The number of benzene rings is 1. The van der Waals surface area contributed by atoms with E-state index in [4.69, 9.17) is 0 Å². The highest BCUT2D eigenvalue weighted by Crippen LogP contribution is 2.24. The van der Waals surface area contributed by atoms with Gasteiger partial charge in [-0.2, -0.15) is 5.10 Å². The number of hydrogen-bond acceptors (Lipinski definition) is 2. The highest BCUT2D eigenvalue weighted by atomic mass is 79.9. The van der Waals surface area contributed by atoms with Crippen molar-refractivity contribution < 1.29 is 17.9 Å². The third kappa shape index (κ3) is 3.04. The van der Waals surface area contributed by atoms with Gasteiger partial charge in [0, 0.05) is 6.20 Å². The van der Waals surface area contributed by atoms with Gasteiger partial charge in [-0.25, -0.2) is 4.68 Å². The molecule has 0 radical (unpaired) electrons. The topological polar surface area (TPSA) is 27.1 Å². The summed E-state index contributed by atoms with van der Waals surface area (Å²) in [6.07, 6.45) is -2.94. The molecule has 1 aromatic carbocycles. The molecule has 0 aliphatic rings. The Morgan fingerprint density at radius 1 is 1.22 bits per heavy atom. The van der Waals surface area contributed by atoms with Gasteiger partial charge in [0.1, 0.15) is 5.75 Å². The SMILES string of the molecule is Cc1nn(-c2ccc(OC(F)(F)F)cc2)cc1Br. The molecule has 0 atom stereocenters. The maximum absolute atomic E-state index is 12.0. The number of alkyl halides is 3. The molecular weight excluding hydrogens is 313 g/mol. The molecule has 7 heteroatoms. The summed E-state index contributed by atoms with van der Waals surface area (Å²) in [6.45, 7) is 1.82. The van der Waals surface area contributed by atoms with E-state index < -0.39 is 6.36 Å². The smallest absolute Gasteiger partial charge is 0.406 e. The third-order valence-corrected chi connectivity index (χ3v) is 2.95. The summed E-state index contributed by atoms with van der Waals surface area (Å²) in [7, 11) is 0. The maximum atomic E-state index is 12.0. The van der Waals surface area contributed by atoms with Crippen LogP contribution in [-0.4, -0.2) is 16.1 Å². The molecule has 0 aliphatic heterocycles. The van der Waals surface area contributed by atoms with Crippen molar-refractivity contribution in [1.29, 1.82) is 0 Å². The van der Waals surface area contributed by atoms with Crippen LogP contribution in [0.3, 0.4) is 0 Å². The van der Waals surface area contributed by atoms with Crippen molar-refractivity contribution in [1.82, 2.24) is 9.78 Å². The molecule has 1 aromatic heterocycles. The van der Waals surface area contributed by atoms with Gasteiger partial charge in [0.15, 0.2) is 0 Å². The second-order valence-corrected chi connectivity index (χ2v) is 4.40. The molecule has 2 aromatic rings. The Kier molecular flexibility index (Phi) is 3.34. The molecule has 0 amide bonds. The zero-order chi connectivity index (χ0) is 13.3. The van der Waals surface area contributed by atoms with E-state index in [1.54, 1.807) is 10.9 Å². The van der Waals surface area contributed by atoms with Crippen LogP contribution in [-0.2, 0) is 0 Å². The first-order valence-electron chi connectivity index (χ1n) is 4.93. The Balaban J connectivity index is 2.22. The number of rotatable bonds is 2. The molecule has 0 aliphatic carbocycles. The molecule has 0 unspecified atom stereocenters. The van der Waals surface area contributed by atoms with E-state index in [1.807, 2.05) is 6.92 Å². The number of nitrogens with zero attached hydrogens (tertiary/aromatic N) is 2. The summed E-state index contributed by atoms with van der Waals surface area (Å²) in [5.74, 6) is -0.255. The van der Waals surface area contributed by atoms with Crippen LogP contribution in [0.2, 0.25) is 0 Å². The van der Waals surface area contributed by atoms with Crippen LogP contribution < -0.4 is 4.74 Å². The lowest BCUT2D eigenvalue weighted by atomic mass is 10.3. The van der Waals surface area contributed by atoms with E-state index in [9.17, 15) is 13.2 Å². The van der Waals surface area contributed by atoms with Crippen molar-refractivity contribution in [2.45, 2.75) is 13.3 Å². The average molecular weight is 321 g/mol. The molecule has 3 nitrogen and oxygen atoms in total. The van der Waals surface area contributed by atoms with E-state index in [-0.39, 0.29) is 5.75 Å². The minimum absolute atomic E-state index is 0.255. The van der Waals surface area contributed by atoms with Crippen LogP contribution in [0.15, 0.2) is 34.9 Å². The van der Waals surface area contributed by atoms with Crippen LogP contribution >= 0.6 is 15.9 Å². The number of hydrogen-bond donors (Lipinski definition) is 0. The van der Waals surface area contributed by atoms with Crippen molar-refractivity contribution in [2.24, 2.45) is 0 Å². The lowest BCUT2D eigenvalue weighted by Gasteiger charge is -2.09. The van der Waals surface area contributed by atoms with Crippen molar-refractivity contribution in [2.75, 3.05) is 0 Å². The van der Waals surface area contributed by atoms with Gasteiger partial charge in [0.25, 0.3) is 0 Å². The van der Waals surface area contributed by atoms with Crippen molar-refractivity contribution in [3.8, 4) is 11.4 Å². The van der Waals surface area contributed by atoms with E-state index in [2.05, 4.69) is 25.8 Å². The van der Waals surface area contributed by atoms with Crippen LogP contribution in [0.5, 0.6) is 5.75 Å². The molecule has 2 rings (SSSR count). The van der Waals surface area contributed by atoms with Crippen LogP contribution in [0, 0.1) is 6.92 Å². The molecule has 0 fully saturated rings. The van der Waals surface area contributed by atoms with Gasteiger partial charge in [-0.3, -0.25) is 0 Å². The van der Waals surface area contributed by atoms with Crippen molar-refractivity contribution >= 4 is 15.9 Å². The predicted molar refractivity (Wildman–Crippen MR) is 62.7 cm³/mol. The fourth-order valence-corrected chi connectivity index (χ4v) is 1.65. The summed E-state index contributed by atoms with van der Waals surface area (Å²) in [4.78, 5) is 0. The predicted octanol–water partition coefficient (Wildman–Crippen LogP) is 3.84. The Hall–Kier alpha value is -1.50. The van der Waals surface area contributed by atoms with Gasteiger partial charge < -0.3 is 4.74 Å². The largest absolute Gasteiger partial charge is 0.573 e. The molecule has 1 heterocycles. The standard InChI is InChI=1S/C11H8BrF3N2O/c1-7-10(12)6-17(16-7)8-2-4-9(5-3-8)18-11(13,14)15/h2-6H,1H3. The molecule has 0 saturated heterocycles. The Bertz CT molecular complexity index is 529. The molecule has 18 heavy (non-hydrogen) atoms. The maximum Gasteiger partial charge on any atom is 0.573 e. The molecule has 0 saturated carbocycles. The number of aryl methyl sites for hydroxylation is 1. The number of halogens is 4. The Morgan fingerprint density at radius 3 is 2.28 bits per heavy atom. The summed E-state index contributed by atoms with van der Waals surface area (Å²) >= 11 is 3.31. The van der Waals surface area contributed by atoms with Gasteiger partial charge in [-0.1, -0.05) is 0 Å². The van der Waals surface area contributed by atoms with Gasteiger partial charge >= 0.3 is 6.36 Å². The fraction of sp³-hybridized carbons (Fsp3) is 0.182. The highest BCUT2D eigenvalue weighted by Gasteiger charge is 2.30. The zero-order valence-electron chi connectivity index (χ0n) is 9.20. The summed E-state index contributed by atoms with van der Waals surface area (Å²) < 4.78 is 42.1. The Morgan fingerprint density at radius 2 is 1.83 bits per heavy atom. The number of ether oxygens (including phenoxy) is 1. The molecule has 0 bridgehead atoms. The fourth-order valence-electron chi connectivity index (χ4n) is 1.37. The van der Waals surface area contributed by atoms with Gasteiger partial charge in [-0.05, 0) is 47.1 Å². The number of aromatic nitrogens is 2. The summed E-state index contributed by atoms with van der Waals surface area (Å²) in [5, 5.41) is 4.19. The lowest BCUT2D eigenvalue weighted by Crippen LogP contribution is -2.17. The second-order valence-electron chi connectivity index (χ2n) is 3.55. The van der Waals surface area contributed by atoms with Crippen molar-refractivity contribution in [3.05, 3.63) is 40.6 Å². The summed E-state index contributed by atoms with van der Waals surface area (Å²) in [5.41, 5.74) is 1.45. The molecule has 0 spiro atoms. The normalized spacial score (nSPS) is 11.6. The zero-order valence-corrected chi connectivity index (χ0v) is 10.8. The van der Waals surface area contributed by atoms with Crippen molar-refractivity contribution in [3.63, 3.8) is 0 Å². The average Bonchev–Trinajstić information content (AvgIpc) is 2.58. The van der Waals surface area contributed by atoms with E-state index in [0.29, 0.717) is 5.69 Å². The summed E-state index contributed by atoms with van der Waals surface area (Å²) in [6, 6.07) is 5.49. The van der Waals surface area contributed by atoms with Crippen LogP contribution in [0.1, 0.15) is 5.69 Å². The second kappa shape index (κ2) is 4.64. The monoisotopic (exact) mass is 320 g/mol. The van der Waals surface area contributed by atoms with E-state index in [1.165, 1.54) is 24.3 Å². The lowest BCUT2D eigenvalue weighted by molar-refractivity contribution is -0.274. The van der Waals surface area contributed by atoms with E-state index in [0.717, 1.165) is 10.2 Å². The molecule has 96 valence electrons. The quantitative estimate of drug-likeness (QED) is 0.840. The van der Waals surface area contributed by atoms with Crippen LogP contribution in [0.4, 0.5) is 13.2 Å². The van der Waals surface area contributed by atoms with Crippen LogP contribution in [0.25, 0.3) is 5.69 Å². The highest BCUT2D eigenvalue weighted by molar-refractivity contribution is 9.10. The third-order valence-electron chi connectivity index (χ3n) is 2.17. The van der Waals surface area contributed by atoms with Gasteiger partial charge in [0.2, 0.25) is 0 Å². The first kappa shape index (κ1) is 12.9. The molecular formula is C11H8BrF3N2O. The molecule has 0 N–H and O–H groups in total. The first-order chi connectivity index (χ1) is 8.35. The van der Waals surface area contributed by atoms with E-state index >= 15 is 0 Å². The Labute approximate surface area is 109 Å². The minimum atomic E-state index is -4.67. The first-order valence-corrected chi connectivity index (χ1v) is 5.72.